The molecule has 1 atom stereocenters. The second kappa shape index (κ2) is 8.60. The van der Waals surface area contributed by atoms with Crippen LogP contribution in [0.25, 0.3) is 0 Å². The summed E-state index contributed by atoms with van der Waals surface area (Å²) in [4.78, 5) is 0. The van der Waals surface area contributed by atoms with Crippen LogP contribution >= 0.6 is 23.8 Å². The number of halogens is 1. The Morgan fingerprint density at radius 2 is 1.87 bits per heavy atom. The Bertz CT molecular complexity index is 649. The quantitative estimate of drug-likeness (QED) is 0.768. The van der Waals surface area contributed by atoms with Gasteiger partial charge in [0.15, 0.2) is 5.11 Å². The van der Waals surface area contributed by atoms with E-state index in [0.29, 0.717) is 16.7 Å². The zero-order chi connectivity index (χ0) is 16.7. The van der Waals surface area contributed by atoms with Gasteiger partial charge in [-0.3, -0.25) is 0 Å². The maximum absolute atomic E-state index is 5.94. The van der Waals surface area contributed by atoms with Gasteiger partial charge in [-0.2, -0.15) is 0 Å². The number of anilines is 1. The third-order valence-electron chi connectivity index (χ3n) is 3.02. The summed E-state index contributed by atoms with van der Waals surface area (Å²) in [6.45, 7) is 2.49. The predicted octanol–water partition coefficient (Wildman–Crippen LogP) is 4.10. The van der Waals surface area contributed by atoms with Crippen LogP contribution in [-0.2, 0) is 0 Å². The molecule has 122 valence electrons. The van der Waals surface area contributed by atoms with E-state index in [1.54, 1.807) is 7.11 Å². The third-order valence-corrected chi connectivity index (χ3v) is 3.47. The van der Waals surface area contributed by atoms with Crippen LogP contribution < -0.4 is 20.1 Å². The number of methoxy groups -OCH3 is 1. The number of hydrogen-bond acceptors (Lipinski definition) is 3. The summed E-state index contributed by atoms with van der Waals surface area (Å²) in [6.07, 6.45) is 0. The Kier molecular flexibility index (Phi) is 6.50. The Morgan fingerprint density at radius 1 is 1.17 bits per heavy atom. The molecule has 0 radical (unpaired) electrons. The lowest BCUT2D eigenvalue weighted by molar-refractivity contribution is 0.286. The van der Waals surface area contributed by atoms with Crippen molar-refractivity contribution in [2.75, 3.05) is 19.0 Å². The lowest BCUT2D eigenvalue weighted by Crippen LogP contribution is -2.39. The first-order valence-corrected chi connectivity index (χ1v) is 7.95. The van der Waals surface area contributed by atoms with Crippen molar-refractivity contribution in [1.82, 2.24) is 5.32 Å². The molecule has 0 saturated heterocycles. The lowest BCUT2D eigenvalue weighted by atomic mass is 10.3. The van der Waals surface area contributed by atoms with Gasteiger partial charge in [-0.15, -0.1) is 0 Å². The normalized spacial score (nSPS) is 11.4. The highest BCUT2D eigenvalue weighted by Gasteiger charge is 2.06. The van der Waals surface area contributed by atoms with Crippen LogP contribution in [0.3, 0.4) is 0 Å². The van der Waals surface area contributed by atoms with Crippen LogP contribution in [0.4, 0.5) is 5.69 Å². The molecule has 0 aliphatic carbocycles. The fourth-order valence-corrected chi connectivity index (χ4v) is 2.40. The first kappa shape index (κ1) is 17.4. The van der Waals surface area contributed by atoms with E-state index in [1.165, 1.54) is 0 Å². The molecular weight excluding hydrogens is 332 g/mol. The van der Waals surface area contributed by atoms with E-state index in [0.717, 1.165) is 17.2 Å². The van der Waals surface area contributed by atoms with Crippen molar-refractivity contribution in [3.8, 4) is 11.5 Å². The number of hydrogen-bond donors (Lipinski definition) is 2. The molecule has 6 heteroatoms. The molecule has 2 aromatic carbocycles. The van der Waals surface area contributed by atoms with Crippen LogP contribution in [0.5, 0.6) is 11.5 Å². The zero-order valence-corrected chi connectivity index (χ0v) is 14.6. The molecule has 0 spiro atoms. The Balaban J connectivity index is 1.77. The second-order valence-electron chi connectivity index (χ2n) is 5.00. The summed E-state index contributed by atoms with van der Waals surface area (Å²) < 4.78 is 10.8. The fraction of sp³-hybridized carbons (Fsp3) is 0.235. The standard InChI is InChI=1S/C17H19ClN2O2S/c1-12(11-22-16-8-6-15(21-2)7-9-16)19-17(23)20-14-5-3-4-13(18)10-14/h3-10,12H,11H2,1-2H3,(H2,19,20,23)/t12-/m0/s1. The largest absolute Gasteiger partial charge is 0.497 e. The summed E-state index contributed by atoms with van der Waals surface area (Å²) in [5.41, 5.74) is 0.846. The van der Waals surface area contributed by atoms with E-state index >= 15 is 0 Å². The van der Waals surface area contributed by atoms with Crippen LogP contribution in [0.1, 0.15) is 6.92 Å². The zero-order valence-electron chi connectivity index (χ0n) is 13.0. The van der Waals surface area contributed by atoms with Crippen molar-refractivity contribution in [3.63, 3.8) is 0 Å². The van der Waals surface area contributed by atoms with E-state index in [2.05, 4.69) is 10.6 Å². The molecule has 0 unspecified atom stereocenters. The van der Waals surface area contributed by atoms with E-state index < -0.39 is 0 Å². The van der Waals surface area contributed by atoms with Crippen LogP contribution in [0.15, 0.2) is 48.5 Å². The van der Waals surface area contributed by atoms with E-state index in [9.17, 15) is 0 Å². The maximum Gasteiger partial charge on any atom is 0.171 e. The minimum absolute atomic E-state index is 0.0521. The minimum Gasteiger partial charge on any atom is -0.497 e. The van der Waals surface area contributed by atoms with Gasteiger partial charge in [0.2, 0.25) is 0 Å². The van der Waals surface area contributed by atoms with Crippen molar-refractivity contribution in [1.29, 1.82) is 0 Å². The van der Waals surface area contributed by atoms with Crippen LogP contribution in [0.2, 0.25) is 5.02 Å². The molecule has 0 aliphatic rings. The number of benzene rings is 2. The van der Waals surface area contributed by atoms with Gasteiger partial charge in [-0.1, -0.05) is 17.7 Å². The molecule has 4 nitrogen and oxygen atoms in total. The summed E-state index contributed by atoms with van der Waals surface area (Å²) in [5, 5.41) is 7.45. The summed E-state index contributed by atoms with van der Waals surface area (Å²) in [6, 6.07) is 14.9. The molecule has 2 N–H and O–H groups in total. The monoisotopic (exact) mass is 350 g/mol. The van der Waals surface area contributed by atoms with Crippen molar-refractivity contribution in [2.45, 2.75) is 13.0 Å². The molecule has 0 heterocycles. The summed E-state index contributed by atoms with van der Waals surface area (Å²) in [5.74, 6) is 1.59. The number of nitrogens with one attached hydrogen (secondary N) is 2. The summed E-state index contributed by atoms with van der Waals surface area (Å²) in [7, 11) is 1.63. The van der Waals surface area contributed by atoms with Crippen LogP contribution in [-0.4, -0.2) is 24.9 Å². The number of thiocarbonyl (C=S) groups is 1. The molecule has 0 saturated carbocycles. The smallest absolute Gasteiger partial charge is 0.171 e. The Hall–Kier alpha value is -1.98. The van der Waals surface area contributed by atoms with Gasteiger partial charge in [0.05, 0.1) is 13.2 Å². The van der Waals surface area contributed by atoms with Crippen LogP contribution in [0, 0.1) is 0 Å². The molecule has 2 rings (SSSR count). The highest BCUT2D eigenvalue weighted by molar-refractivity contribution is 7.80. The van der Waals surface area contributed by atoms with Crippen molar-refractivity contribution in [3.05, 3.63) is 53.6 Å². The van der Waals surface area contributed by atoms with Crippen molar-refractivity contribution >= 4 is 34.6 Å². The van der Waals surface area contributed by atoms with Gasteiger partial charge < -0.3 is 20.1 Å². The van der Waals surface area contributed by atoms with Crippen molar-refractivity contribution in [2.24, 2.45) is 0 Å². The fourth-order valence-electron chi connectivity index (χ4n) is 1.89. The second-order valence-corrected chi connectivity index (χ2v) is 5.84. The third kappa shape index (κ3) is 5.96. The van der Waals surface area contributed by atoms with Gasteiger partial charge >= 0.3 is 0 Å². The molecule has 0 bridgehead atoms. The van der Waals surface area contributed by atoms with Crippen molar-refractivity contribution < 1.29 is 9.47 Å². The minimum atomic E-state index is 0.0521. The Labute approximate surface area is 146 Å². The van der Waals surface area contributed by atoms with E-state index in [1.807, 2.05) is 55.5 Å². The SMILES string of the molecule is COc1ccc(OC[C@H](C)NC(=S)Nc2cccc(Cl)c2)cc1. The highest BCUT2D eigenvalue weighted by atomic mass is 35.5. The predicted molar refractivity (Wildman–Crippen MR) is 98.8 cm³/mol. The lowest BCUT2D eigenvalue weighted by Gasteiger charge is -2.18. The maximum atomic E-state index is 5.94. The van der Waals surface area contributed by atoms with Gasteiger partial charge in [0, 0.05) is 10.7 Å². The Morgan fingerprint density at radius 3 is 2.52 bits per heavy atom. The van der Waals surface area contributed by atoms with Gasteiger partial charge in [0.1, 0.15) is 18.1 Å². The number of rotatable bonds is 6. The molecule has 23 heavy (non-hydrogen) atoms. The first-order chi connectivity index (χ1) is 11.1. The number of ether oxygens (including phenoxy) is 2. The molecule has 2 aromatic rings. The molecule has 0 aromatic heterocycles. The van der Waals surface area contributed by atoms with Gasteiger partial charge in [-0.05, 0) is 61.6 Å². The first-order valence-electron chi connectivity index (χ1n) is 7.17. The summed E-state index contributed by atoms with van der Waals surface area (Å²) >= 11 is 11.2. The van der Waals surface area contributed by atoms with E-state index in [-0.39, 0.29) is 6.04 Å². The average molecular weight is 351 g/mol. The molecule has 0 fully saturated rings. The van der Waals surface area contributed by atoms with Gasteiger partial charge in [-0.25, -0.2) is 0 Å². The average Bonchev–Trinajstić information content (AvgIpc) is 2.53. The molecule has 0 amide bonds. The highest BCUT2D eigenvalue weighted by Crippen LogP contribution is 2.17. The van der Waals surface area contributed by atoms with E-state index in [4.69, 9.17) is 33.3 Å². The molecular formula is C17H19ClN2O2S. The van der Waals surface area contributed by atoms with Gasteiger partial charge in [0.25, 0.3) is 0 Å². The topological polar surface area (TPSA) is 42.5 Å². The molecule has 0 aliphatic heterocycles.